The monoisotopic (exact) mass is 414 g/mol. The van der Waals surface area contributed by atoms with Crippen LogP contribution in [0.2, 0.25) is 0 Å². The molecule has 1 aromatic heterocycles. The summed E-state index contributed by atoms with van der Waals surface area (Å²) in [6.45, 7) is 0.374. The molecule has 3 aromatic carbocycles. The van der Waals surface area contributed by atoms with E-state index in [1.807, 2.05) is 66.7 Å². The third kappa shape index (κ3) is 4.72. The maximum absolute atomic E-state index is 12.8. The lowest BCUT2D eigenvalue weighted by molar-refractivity contribution is -0.116. The van der Waals surface area contributed by atoms with E-state index in [1.54, 1.807) is 19.2 Å². The molecule has 4 rings (SSSR count). The Bertz CT molecular complexity index is 1250. The van der Waals surface area contributed by atoms with E-state index >= 15 is 0 Å². The van der Waals surface area contributed by atoms with Gasteiger partial charge in [0.1, 0.15) is 18.1 Å². The molecule has 0 aliphatic carbocycles. The van der Waals surface area contributed by atoms with Crippen LogP contribution in [0.15, 0.2) is 83.7 Å². The Morgan fingerprint density at radius 2 is 1.68 bits per heavy atom. The molecule has 31 heavy (non-hydrogen) atoms. The second-order valence-electron chi connectivity index (χ2n) is 6.96. The van der Waals surface area contributed by atoms with E-state index in [-0.39, 0.29) is 12.5 Å². The van der Waals surface area contributed by atoms with Gasteiger partial charge in [0.2, 0.25) is 5.91 Å². The molecule has 1 heterocycles. The van der Waals surface area contributed by atoms with Crippen LogP contribution in [0.3, 0.4) is 0 Å². The summed E-state index contributed by atoms with van der Waals surface area (Å²) in [5.74, 6) is 0.971. The van der Waals surface area contributed by atoms with Crippen molar-refractivity contribution in [1.29, 1.82) is 0 Å². The van der Waals surface area contributed by atoms with Gasteiger partial charge in [-0.2, -0.15) is 4.98 Å². The lowest BCUT2D eigenvalue weighted by Gasteiger charge is -2.14. The molecule has 7 nitrogen and oxygen atoms in total. The molecule has 0 saturated carbocycles. The summed E-state index contributed by atoms with van der Waals surface area (Å²) in [4.78, 5) is 29.5. The van der Waals surface area contributed by atoms with Crippen LogP contribution < -0.4 is 21.1 Å². The number of ether oxygens (including phenoxy) is 1. The molecule has 0 unspecified atom stereocenters. The Morgan fingerprint density at radius 3 is 2.42 bits per heavy atom. The quantitative estimate of drug-likeness (QED) is 0.482. The van der Waals surface area contributed by atoms with Crippen LogP contribution >= 0.6 is 0 Å². The molecule has 0 bridgehead atoms. The van der Waals surface area contributed by atoms with Crippen molar-refractivity contribution in [3.63, 3.8) is 0 Å². The number of aromatic nitrogens is 2. The number of nitrogens with one attached hydrogen (secondary N) is 2. The molecule has 7 heteroatoms. The summed E-state index contributed by atoms with van der Waals surface area (Å²) in [6.07, 6.45) is 0. The van der Waals surface area contributed by atoms with Crippen LogP contribution in [0.5, 0.6) is 5.75 Å². The molecule has 0 saturated heterocycles. The lowest BCUT2D eigenvalue weighted by Crippen LogP contribution is -2.30. The topological polar surface area (TPSA) is 85.2 Å². The average molecular weight is 414 g/mol. The molecule has 0 spiro atoms. The lowest BCUT2D eigenvalue weighted by atomic mass is 10.2. The maximum atomic E-state index is 12.8. The van der Waals surface area contributed by atoms with Crippen molar-refractivity contribution in [1.82, 2.24) is 9.55 Å². The third-order valence-corrected chi connectivity index (χ3v) is 4.87. The van der Waals surface area contributed by atoms with Gasteiger partial charge in [-0.05, 0) is 42.0 Å². The summed E-state index contributed by atoms with van der Waals surface area (Å²) in [5, 5.41) is 6.80. The number of hydrogen-bond donors (Lipinski definition) is 2. The van der Waals surface area contributed by atoms with Crippen molar-refractivity contribution in [3.05, 3.63) is 94.9 Å². The molecule has 0 aliphatic rings. The van der Waals surface area contributed by atoms with E-state index in [2.05, 4.69) is 15.6 Å². The van der Waals surface area contributed by atoms with Gasteiger partial charge in [-0.3, -0.25) is 9.36 Å². The van der Waals surface area contributed by atoms with Crippen molar-refractivity contribution in [2.45, 2.75) is 13.1 Å². The molecule has 0 radical (unpaired) electrons. The number of anilines is 2. The standard InChI is InChI=1S/C24H22N4O3/c1-31-19-13-11-17(12-14-19)15-25-23-20-9-5-6-10-21(20)28(24(30)27-23)16-22(29)26-18-7-3-2-4-8-18/h2-14H,15-16H2,1H3,(H,26,29)(H,25,27,30). The van der Waals surface area contributed by atoms with E-state index < -0.39 is 5.69 Å². The number of carbonyl (C=O) groups excluding carboxylic acids is 1. The van der Waals surface area contributed by atoms with Gasteiger partial charge in [-0.25, -0.2) is 4.79 Å². The second-order valence-corrected chi connectivity index (χ2v) is 6.96. The smallest absolute Gasteiger partial charge is 0.350 e. The minimum atomic E-state index is -0.487. The van der Waals surface area contributed by atoms with Gasteiger partial charge in [0.05, 0.1) is 12.6 Å². The fraction of sp³-hybridized carbons (Fsp3) is 0.125. The molecule has 0 fully saturated rings. The van der Waals surface area contributed by atoms with E-state index in [1.165, 1.54) is 4.57 Å². The van der Waals surface area contributed by atoms with Gasteiger partial charge in [0.15, 0.2) is 0 Å². The van der Waals surface area contributed by atoms with Crippen LogP contribution in [-0.4, -0.2) is 22.6 Å². The van der Waals surface area contributed by atoms with Crippen LogP contribution in [0.4, 0.5) is 11.5 Å². The highest BCUT2D eigenvalue weighted by molar-refractivity contribution is 5.93. The van der Waals surface area contributed by atoms with Gasteiger partial charge >= 0.3 is 5.69 Å². The van der Waals surface area contributed by atoms with Crippen molar-refractivity contribution in [3.8, 4) is 5.75 Å². The number of amides is 1. The summed E-state index contributed by atoms with van der Waals surface area (Å²) >= 11 is 0. The van der Waals surface area contributed by atoms with Crippen LogP contribution in [0.25, 0.3) is 10.9 Å². The molecule has 156 valence electrons. The minimum Gasteiger partial charge on any atom is -0.497 e. The van der Waals surface area contributed by atoms with Gasteiger partial charge < -0.3 is 15.4 Å². The zero-order chi connectivity index (χ0) is 21.6. The Kier molecular flexibility index (Phi) is 5.93. The Balaban J connectivity index is 1.58. The largest absolute Gasteiger partial charge is 0.497 e. The maximum Gasteiger partial charge on any atom is 0.350 e. The van der Waals surface area contributed by atoms with Gasteiger partial charge in [-0.1, -0.05) is 42.5 Å². The molecule has 2 N–H and O–H groups in total. The molecular weight excluding hydrogens is 392 g/mol. The average Bonchev–Trinajstić information content (AvgIpc) is 2.81. The first-order chi connectivity index (χ1) is 15.1. The first-order valence-electron chi connectivity index (χ1n) is 9.85. The highest BCUT2D eigenvalue weighted by atomic mass is 16.5. The summed E-state index contributed by atoms with van der Waals surface area (Å²) in [5.41, 5.74) is 1.86. The molecular formula is C24H22N4O3. The van der Waals surface area contributed by atoms with Crippen molar-refractivity contribution in [2.24, 2.45) is 0 Å². The zero-order valence-corrected chi connectivity index (χ0v) is 17.0. The number of hydrogen-bond acceptors (Lipinski definition) is 5. The predicted molar refractivity (Wildman–Crippen MR) is 121 cm³/mol. The van der Waals surface area contributed by atoms with Crippen LogP contribution in [-0.2, 0) is 17.9 Å². The number of carbonyl (C=O) groups is 1. The molecule has 0 atom stereocenters. The van der Waals surface area contributed by atoms with E-state index in [4.69, 9.17) is 4.74 Å². The highest BCUT2D eigenvalue weighted by Gasteiger charge is 2.13. The minimum absolute atomic E-state index is 0.125. The second kappa shape index (κ2) is 9.13. The van der Waals surface area contributed by atoms with Crippen LogP contribution in [0.1, 0.15) is 5.56 Å². The summed E-state index contributed by atoms with van der Waals surface area (Å²) in [7, 11) is 1.62. The normalized spacial score (nSPS) is 10.6. The molecule has 0 aliphatic heterocycles. The number of nitrogens with zero attached hydrogens (tertiary/aromatic N) is 2. The van der Waals surface area contributed by atoms with Gasteiger partial charge in [0, 0.05) is 17.6 Å². The summed E-state index contributed by atoms with van der Waals surface area (Å²) in [6, 6.07) is 24.2. The first kappa shape index (κ1) is 20.2. The summed E-state index contributed by atoms with van der Waals surface area (Å²) < 4.78 is 6.56. The number of para-hydroxylation sites is 2. The fourth-order valence-corrected chi connectivity index (χ4v) is 3.31. The predicted octanol–water partition coefficient (Wildman–Crippen LogP) is 3.66. The van der Waals surface area contributed by atoms with E-state index in [0.29, 0.717) is 23.6 Å². The number of benzene rings is 3. The third-order valence-electron chi connectivity index (χ3n) is 4.87. The fourth-order valence-electron chi connectivity index (χ4n) is 3.31. The highest BCUT2D eigenvalue weighted by Crippen LogP contribution is 2.20. The number of fused-ring (bicyclic) bond motifs is 1. The van der Waals surface area contributed by atoms with E-state index in [9.17, 15) is 9.59 Å². The van der Waals surface area contributed by atoms with Crippen LogP contribution in [0, 0.1) is 0 Å². The molecule has 4 aromatic rings. The molecule has 1 amide bonds. The Morgan fingerprint density at radius 1 is 0.968 bits per heavy atom. The Hall–Kier alpha value is -4.13. The number of methoxy groups -OCH3 is 1. The zero-order valence-electron chi connectivity index (χ0n) is 17.0. The van der Waals surface area contributed by atoms with Gasteiger partial charge in [-0.15, -0.1) is 0 Å². The Labute approximate surface area is 179 Å². The van der Waals surface area contributed by atoms with E-state index in [0.717, 1.165) is 16.7 Å². The SMILES string of the molecule is COc1ccc(CNc2nc(=O)n(CC(=O)Nc3ccccc3)c3ccccc23)cc1. The van der Waals surface area contributed by atoms with Crippen molar-refractivity contribution >= 4 is 28.3 Å². The van der Waals surface area contributed by atoms with Gasteiger partial charge in [0.25, 0.3) is 0 Å². The first-order valence-corrected chi connectivity index (χ1v) is 9.85. The van der Waals surface area contributed by atoms with Crippen molar-refractivity contribution in [2.75, 3.05) is 17.7 Å². The van der Waals surface area contributed by atoms with Crippen molar-refractivity contribution < 1.29 is 9.53 Å². The number of rotatable bonds is 7.